The van der Waals surface area contributed by atoms with Crippen molar-refractivity contribution in [3.05, 3.63) is 71.3 Å². The van der Waals surface area contributed by atoms with Gasteiger partial charge in [0.15, 0.2) is 0 Å². The number of benzene rings is 2. The Morgan fingerprint density at radius 3 is 2.45 bits per heavy atom. The third-order valence-corrected chi connectivity index (χ3v) is 4.59. The van der Waals surface area contributed by atoms with Gasteiger partial charge in [-0.25, -0.2) is 18.9 Å². The lowest BCUT2D eigenvalue weighted by Crippen LogP contribution is -2.25. The molecule has 150 valence electrons. The Morgan fingerprint density at radius 2 is 1.76 bits per heavy atom. The number of carbonyl (C=O) groups is 1. The number of aromatic nitrogens is 3. The maximum atomic E-state index is 12.9. The smallest absolute Gasteiger partial charge is 0.264 e. The molecule has 3 aromatic rings. The average molecular weight is 417 g/mol. The molecule has 29 heavy (non-hydrogen) atoms. The van der Waals surface area contributed by atoms with Crippen LogP contribution in [0.2, 0.25) is 0 Å². The molecule has 0 fully saturated rings. The summed E-state index contributed by atoms with van der Waals surface area (Å²) in [5.41, 5.74) is 4.11. The van der Waals surface area contributed by atoms with E-state index >= 15 is 0 Å². The van der Waals surface area contributed by atoms with Crippen LogP contribution in [0.1, 0.15) is 11.1 Å². The van der Waals surface area contributed by atoms with Crippen LogP contribution in [0, 0.1) is 11.6 Å². The van der Waals surface area contributed by atoms with Gasteiger partial charge < -0.3 is 11.2 Å². The van der Waals surface area contributed by atoms with Gasteiger partial charge in [-0.2, -0.15) is 5.10 Å². The Morgan fingerprint density at radius 1 is 1.10 bits per heavy atom. The van der Waals surface area contributed by atoms with E-state index in [0.717, 1.165) is 17.3 Å². The van der Waals surface area contributed by atoms with E-state index in [1.54, 1.807) is 24.3 Å². The summed E-state index contributed by atoms with van der Waals surface area (Å²) in [6.07, 6.45) is 1.48. The first-order chi connectivity index (χ1) is 14.0. The summed E-state index contributed by atoms with van der Waals surface area (Å²) in [7, 11) is 0. The van der Waals surface area contributed by atoms with Crippen LogP contribution < -0.4 is 16.6 Å². The molecule has 1 heterocycles. The minimum atomic E-state index is -0.333. The Balaban J connectivity index is 1.46. The molecule has 1 aromatic heterocycles. The number of anilines is 1. The van der Waals surface area contributed by atoms with E-state index in [9.17, 15) is 13.6 Å². The van der Waals surface area contributed by atoms with Gasteiger partial charge in [0.25, 0.3) is 5.95 Å². The minimum Gasteiger partial charge on any atom is -0.351 e. The predicted molar refractivity (Wildman–Crippen MR) is 107 cm³/mol. The quantitative estimate of drug-likeness (QED) is 0.224. The van der Waals surface area contributed by atoms with Gasteiger partial charge in [0.1, 0.15) is 11.6 Å². The van der Waals surface area contributed by atoms with Crippen LogP contribution >= 0.6 is 11.8 Å². The molecule has 0 saturated carbocycles. The van der Waals surface area contributed by atoms with Crippen molar-refractivity contribution < 1.29 is 13.6 Å². The molecule has 0 unspecified atom stereocenters. The van der Waals surface area contributed by atoms with Crippen LogP contribution in [0.5, 0.6) is 0 Å². The molecule has 0 bridgehead atoms. The van der Waals surface area contributed by atoms with Crippen molar-refractivity contribution in [2.45, 2.75) is 11.7 Å². The number of nitrogens with zero attached hydrogens (tertiary/aromatic N) is 4. The summed E-state index contributed by atoms with van der Waals surface area (Å²) in [6.45, 7) is 0.292. The highest BCUT2D eigenvalue weighted by molar-refractivity contribution is 7.99. The third kappa shape index (κ3) is 6.01. The molecular weight excluding hydrogens is 400 g/mol. The topological polar surface area (TPSA) is 110 Å². The van der Waals surface area contributed by atoms with E-state index < -0.39 is 0 Å². The fourth-order valence-corrected chi connectivity index (χ4v) is 2.84. The van der Waals surface area contributed by atoms with Crippen molar-refractivity contribution in [3.63, 3.8) is 0 Å². The van der Waals surface area contributed by atoms with Gasteiger partial charge in [-0.15, -0.1) is 10.2 Å². The maximum Gasteiger partial charge on any atom is 0.264 e. The molecule has 2 aromatic carbocycles. The number of nitrogens with two attached hydrogens (primary N) is 1. The van der Waals surface area contributed by atoms with E-state index in [2.05, 4.69) is 26.0 Å². The zero-order valence-corrected chi connectivity index (χ0v) is 15.9. The number of hydrogen-bond donors (Lipinski definition) is 3. The molecule has 0 aliphatic heterocycles. The van der Waals surface area contributed by atoms with Crippen LogP contribution in [-0.2, 0) is 11.3 Å². The highest BCUT2D eigenvalue weighted by atomic mass is 32.2. The van der Waals surface area contributed by atoms with Crippen molar-refractivity contribution in [3.8, 4) is 0 Å². The van der Waals surface area contributed by atoms with Crippen molar-refractivity contribution in [1.82, 2.24) is 20.2 Å². The summed E-state index contributed by atoms with van der Waals surface area (Å²) >= 11 is 1.10. The fourth-order valence-electron chi connectivity index (χ4n) is 2.15. The van der Waals surface area contributed by atoms with E-state index in [4.69, 9.17) is 5.84 Å². The first-order valence-electron chi connectivity index (χ1n) is 8.40. The normalized spacial score (nSPS) is 11.0. The molecule has 0 spiro atoms. The van der Waals surface area contributed by atoms with Crippen molar-refractivity contribution in [1.29, 1.82) is 0 Å². The highest BCUT2D eigenvalue weighted by Crippen LogP contribution is 2.16. The van der Waals surface area contributed by atoms with Crippen LogP contribution in [0.3, 0.4) is 0 Å². The molecule has 4 N–H and O–H groups in total. The molecule has 0 aliphatic rings. The van der Waals surface area contributed by atoms with Gasteiger partial charge in [0, 0.05) is 6.54 Å². The lowest BCUT2D eigenvalue weighted by atomic mass is 10.2. The van der Waals surface area contributed by atoms with Gasteiger partial charge in [-0.3, -0.25) is 4.79 Å². The molecule has 0 saturated heterocycles. The predicted octanol–water partition coefficient (Wildman–Crippen LogP) is 2.12. The van der Waals surface area contributed by atoms with E-state index in [0.29, 0.717) is 17.3 Å². The highest BCUT2D eigenvalue weighted by Gasteiger charge is 2.11. The summed E-state index contributed by atoms with van der Waals surface area (Å²) in [5.74, 6) is 5.25. The standard InChI is InChI=1S/C18H17F2N7OS/c19-14-5-1-12(2-6-14)9-22-16(28)11-29-18-26-25-17(27(18)21)24-23-10-13-3-7-15(20)8-4-13/h1-8,10H,9,11,21H2,(H,22,28)(H,24,25)/b23-10+. The van der Waals surface area contributed by atoms with Crippen molar-refractivity contribution >= 4 is 29.8 Å². The van der Waals surface area contributed by atoms with Crippen LogP contribution in [0.25, 0.3) is 0 Å². The average Bonchev–Trinajstić information content (AvgIpc) is 3.07. The first kappa shape index (κ1) is 20.3. The number of amides is 1. The summed E-state index contributed by atoms with van der Waals surface area (Å²) in [4.78, 5) is 12.0. The molecule has 0 atom stereocenters. The third-order valence-electron chi connectivity index (χ3n) is 3.65. The number of thioether (sulfide) groups is 1. The minimum absolute atomic E-state index is 0.0787. The summed E-state index contributed by atoms with van der Waals surface area (Å²) < 4.78 is 26.9. The Labute approximate surface area is 169 Å². The van der Waals surface area contributed by atoms with Gasteiger partial charge >= 0.3 is 0 Å². The second-order valence-corrected chi connectivity index (χ2v) is 6.73. The van der Waals surface area contributed by atoms with E-state index in [-0.39, 0.29) is 29.2 Å². The molecule has 1 amide bonds. The zero-order valence-electron chi connectivity index (χ0n) is 15.0. The van der Waals surface area contributed by atoms with Crippen LogP contribution in [0.4, 0.5) is 14.7 Å². The SMILES string of the molecule is Nn1c(N/N=C/c2ccc(F)cc2)nnc1SCC(=O)NCc1ccc(F)cc1. The van der Waals surface area contributed by atoms with E-state index in [1.165, 1.54) is 35.2 Å². The molecule has 0 aliphatic carbocycles. The zero-order chi connectivity index (χ0) is 20.6. The first-order valence-corrected chi connectivity index (χ1v) is 9.39. The van der Waals surface area contributed by atoms with Crippen molar-refractivity contribution in [2.75, 3.05) is 17.0 Å². The second-order valence-electron chi connectivity index (χ2n) is 5.79. The van der Waals surface area contributed by atoms with Gasteiger partial charge in [0.2, 0.25) is 11.1 Å². The molecule has 11 heteroatoms. The number of hydrogen-bond acceptors (Lipinski definition) is 7. The number of hydrazone groups is 1. The van der Waals surface area contributed by atoms with Gasteiger partial charge in [0.05, 0.1) is 12.0 Å². The number of carbonyl (C=O) groups excluding carboxylic acids is 1. The number of halogens is 2. The molecule has 8 nitrogen and oxygen atoms in total. The van der Waals surface area contributed by atoms with Crippen LogP contribution in [-0.4, -0.2) is 32.7 Å². The Hall–Kier alpha value is -3.47. The number of nitrogens with one attached hydrogen (secondary N) is 2. The lowest BCUT2D eigenvalue weighted by molar-refractivity contribution is -0.118. The molecule has 0 radical (unpaired) electrons. The summed E-state index contributed by atoms with van der Waals surface area (Å²) in [6, 6.07) is 11.7. The van der Waals surface area contributed by atoms with Gasteiger partial charge in [-0.1, -0.05) is 36.0 Å². The van der Waals surface area contributed by atoms with Gasteiger partial charge in [-0.05, 0) is 35.4 Å². The van der Waals surface area contributed by atoms with Crippen LogP contribution in [0.15, 0.2) is 58.8 Å². The van der Waals surface area contributed by atoms with Crippen molar-refractivity contribution in [2.24, 2.45) is 5.10 Å². The Bertz CT molecular complexity index is 990. The fraction of sp³-hybridized carbons (Fsp3) is 0.111. The summed E-state index contributed by atoms with van der Waals surface area (Å²) in [5, 5.41) is 14.8. The maximum absolute atomic E-state index is 12.9. The molecule has 3 rings (SSSR count). The van der Waals surface area contributed by atoms with E-state index in [1.807, 2.05) is 0 Å². The number of rotatable bonds is 8. The second kappa shape index (κ2) is 9.64. The lowest BCUT2D eigenvalue weighted by Gasteiger charge is -2.05. The number of nitrogen functional groups attached to an aromatic ring is 1. The Kier molecular flexibility index (Phi) is 6.74. The molecular formula is C18H17F2N7OS. The monoisotopic (exact) mass is 417 g/mol. The largest absolute Gasteiger partial charge is 0.351 e.